The van der Waals surface area contributed by atoms with Crippen molar-refractivity contribution in [2.75, 3.05) is 13.1 Å². The van der Waals surface area contributed by atoms with Gasteiger partial charge in [0.2, 0.25) is 0 Å². The first-order valence-corrected chi connectivity index (χ1v) is 10.7. The molecule has 1 saturated heterocycles. The van der Waals surface area contributed by atoms with E-state index < -0.39 is 0 Å². The summed E-state index contributed by atoms with van der Waals surface area (Å²) in [4.78, 5) is 19.1. The highest BCUT2D eigenvalue weighted by Gasteiger charge is 2.51. The molecule has 6 rings (SSSR count). The molecule has 2 aromatic heterocycles. The lowest BCUT2D eigenvalue weighted by molar-refractivity contribution is 0.0903. The van der Waals surface area contributed by atoms with Crippen molar-refractivity contribution in [1.29, 1.82) is 0 Å². The topological polar surface area (TPSA) is 63.1 Å². The quantitative estimate of drug-likeness (QED) is 0.729. The van der Waals surface area contributed by atoms with Gasteiger partial charge in [-0.05, 0) is 37.5 Å². The summed E-state index contributed by atoms with van der Waals surface area (Å²) in [5, 5.41) is 9.20. The lowest BCUT2D eigenvalue weighted by atomic mass is 9.76. The molecule has 3 aliphatic rings. The molecule has 2 amide bonds. The van der Waals surface area contributed by atoms with Crippen molar-refractivity contribution in [1.82, 2.24) is 25.0 Å². The zero-order chi connectivity index (χ0) is 19.4. The Morgan fingerprint density at radius 3 is 2.83 bits per heavy atom. The number of likely N-dealkylation sites (tertiary alicyclic amines) is 1. The van der Waals surface area contributed by atoms with Crippen molar-refractivity contribution in [3.63, 3.8) is 0 Å². The predicted molar refractivity (Wildman–Crippen MR) is 112 cm³/mol. The van der Waals surface area contributed by atoms with Gasteiger partial charge in [0.1, 0.15) is 0 Å². The zero-order valence-corrected chi connectivity index (χ0v) is 16.5. The number of hydrogen-bond donors (Lipinski definition) is 1. The van der Waals surface area contributed by atoms with Crippen molar-refractivity contribution >= 4 is 16.9 Å². The molecule has 1 aliphatic carbocycles. The predicted octanol–water partition coefficient (Wildman–Crippen LogP) is 3.71. The summed E-state index contributed by atoms with van der Waals surface area (Å²) in [5.41, 5.74) is 4.37. The van der Waals surface area contributed by atoms with Crippen LogP contribution in [0.15, 0.2) is 42.6 Å². The van der Waals surface area contributed by atoms with Crippen LogP contribution in [0, 0.1) is 0 Å². The summed E-state index contributed by atoms with van der Waals surface area (Å²) in [6, 6.07) is 13.0. The minimum absolute atomic E-state index is 0.0720. The second-order valence-electron chi connectivity index (χ2n) is 8.87. The largest absolute Gasteiger partial charge is 0.335 e. The minimum atomic E-state index is 0.0720. The lowest BCUT2D eigenvalue weighted by Crippen LogP contribution is -2.63. The van der Waals surface area contributed by atoms with E-state index in [9.17, 15) is 4.79 Å². The molecule has 1 aromatic carbocycles. The van der Waals surface area contributed by atoms with Crippen LogP contribution in [0.2, 0.25) is 0 Å². The second-order valence-corrected chi connectivity index (χ2v) is 8.87. The molecule has 0 atom stereocenters. The first-order chi connectivity index (χ1) is 14.2. The number of aryl methyl sites for hydroxylation is 1. The van der Waals surface area contributed by atoms with E-state index in [0.29, 0.717) is 6.04 Å². The fraction of sp³-hybridized carbons (Fsp3) is 0.435. The van der Waals surface area contributed by atoms with Gasteiger partial charge in [-0.3, -0.25) is 9.67 Å². The van der Waals surface area contributed by atoms with Crippen LogP contribution < -0.4 is 5.32 Å². The van der Waals surface area contributed by atoms with E-state index in [-0.39, 0.29) is 11.4 Å². The third-order valence-corrected chi connectivity index (χ3v) is 6.97. The summed E-state index contributed by atoms with van der Waals surface area (Å²) >= 11 is 0. The van der Waals surface area contributed by atoms with Crippen LogP contribution in [0.5, 0.6) is 0 Å². The van der Waals surface area contributed by atoms with Gasteiger partial charge in [0, 0.05) is 53.9 Å². The average Bonchev–Trinajstić information content (AvgIpc) is 3.43. The fourth-order valence-electron chi connectivity index (χ4n) is 5.30. The van der Waals surface area contributed by atoms with Gasteiger partial charge in [0.25, 0.3) is 0 Å². The molecule has 6 heteroatoms. The van der Waals surface area contributed by atoms with Gasteiger partial charge in [0.05, 0.1) is 11.2 Å². The highest BCUT2D eigenvalue weighted by Crippen LogP contribution is 2.44. The molecular weight excluding hydrogens is 362 g/mol. The van der Waals surface area contributed by atoms with E-state index in [1.54, 1.807) is 0 Å². The number of aromatic nitrogens is 3. The molecule has 1 saturated carbocycles. The smallest absolute Gasteiger partial charge is 0.317 e. The van der Waals surface area contributed by atoms with E-state index in [4.69, 9.17) is 5.10 Å². The van der Waals surface area contributed by atoms with Gasteiger partial charge < -0.3 is 10.2 Å². The first-order valence-electron chi connectivity index (χ1n) is 10.7. The SMILES string of the molecule is O=C(NC1CCCC1)N1CC2(CCn3nc(-c4cnc5ccccc5c4)cc32)C1. The zero-order valence-electron chi connectivity index (χ0n) is 16.5. The maximum Gasteiger partial charge on any atom is 0.317 e. The van der Waals surface area contributed by atoms with Gasteiger partial charge in [-0.25, -0.2) is 4.79 Å². The summed E-state index contributed by atoms with van der Waals surface area (Å²) in [5.74, 6) is 0. The third kappa shape index (κ3) is 2.73. The first kappa shape index (κ1) is 17.0. The Morgan fingerprint density at radius 1 is 1.14 bits per heavy atom. The van der Waals surface area contributed by atoms with Crippen molar-refractivity contribution < 1.29 is 4.79 Å². The molecule has 4 heterocycles. The molecule has 0 radical (unpaired) electrons. The molecule has 0 unspecified atom stereocenters. The molecule has 2 aliphatic heterocycles. The summed E-state index contributed by atoms with van der Waals surface area (Å²) in [6.45, 7) is 2.52. The maximum absolute atomic E-state index is 12.6. The number of carbonyl (C=O) groups is 1. The molecule has 3 aromatic rings. The third-order valence-electron chi connectivity index (χ3n) is 6.97. The Bertz CT molecular complexity index is 1090. The minimum Gasteiger partial charge on any atom is -0.335 e. The molecule has 2 fully saturated rings. The van der Waals surface area contributed by atoms with E-state index in [1.165, 1.54) is 18.5 Å². The fourth-order valence-corrected chi connectivity index (χ4v) is 5.30. The van der Waals surface area contributed by atoms with Crippen LogP contribution in [0.4, 0.5) is 4.79 Å². The number of benzene rings is 1. The van der Waals surface area contributed by atoms with Crippen molar-refractivity contribution in [2.45, 2.75) is 50.1 Å². The number of amides is 2. The van der Waals surface area contributed by atoms with Gasteiger partial charge in [-0.15, -0.1) is 0 Å². The molecule has 6 nitrogen and oxygen atoms in total. The molecule has 148 valence electrons. The Kier molecular flexibility index (Phi) is 3.70. The molecular formula is C23H25N5O. The molecule has 1 N–H and O–H groups in total. The number of nitrogens with zero attached hydrogens (tertiary/aromatic N) is 4. The van der Waals surface area contributed by atoms with E-state index in [0.717, 1.165) is 61.1 Å². The van der Waals surface area contributed by atoms with Crippen LogP contribution in [-0.2, 0) is 12.0 Å². The van der Waals surface area contributed by atoms with E-state index in [1.807, 2.05) is 29.3 Å². The number of para-hydroxylation sites is 1. The van der Waals surface area contributed by atoms with Gasteiger partial charge in [-0.2, -0.15) is 5.10 Å². The Balaban J connectivity index is 1.21. The van der Waals surface area contributed by atoms with Crippen LogP contribution in [0.25, 0.3) is 22.2 Å². The number of rotatable bonds is 2. The van der Waals surface area contributed by atoms with Gasteiger partial charge >= 0.3 is 6.03 Å². The van der Waals surface area contributed by atoms with Crippen molar-refractivity contribution in [3.05, 3.63) is 48.3 Å². The highest BCUT2D eigenvalue weighted by molar-refractivity contribution is 5.83. The standard InChI is InChI=1S/C23H25N5O/c29-22(25-18-6-2-3-7-18)27-14-23(15-27)9-10-28-21(23)12-20(26-28)17-11-16-5-1-4-8-19(16)24-13-17/h1,4-5,8,11-13,18H,2-3,6-7,9-10,14-15H2,(H,25,29). The maximum atomic E-state index is 12.6. The number of urea groups is 1. The number of nitrogens with one attached hydrogen (secondary N) is 1. The molecule has 1 spiro atoms. The van der Waals surface area contributed by atoms with Crippen LogP contribution in [0.1, 0.15) is 37.8 Å². The van der Waals surface area contributed by atoms with Crippen molar-refractivity contribution in [3.8, 4) is 11.3 Å². The highest BCUT2D eigenvalue weighted by atomic mass is 16.2. The molecule has 29 heavy (non-hydrogen) atoms. The summed E-state index contributed by atoms with van der Waals surface area (Å²) < 4.78 is 2.14. The summed E-state index contributed by atoms with van der Waals surface area (Å²) in [7, 11) is 0. The molecule has 0 bridgehead atoms. The van der Waals surface area contributed by atoms with Gasteiger partial charge in [-0.1, -0.05) is 31.0 Å². The number of hydrogen-bond acceptors (Lipinski definition) is 3. The lowest BCUT2D eigenvalue weighted by Gasteiger charge is -2.47. The number of fused-ring (bicyclic) bond motifs is 3. The Hall–Kier alpha value is -2.89. The Morgan fingerprint density at radius 2 is 1.97 bits per heavy atom. The number of pyridine rings is 1. The number of carbonyl (C=O) groups excluding carboxylic acids is 1. The van der Waals surface area contributed by atoms with Crippen LogP contribution >= 0.6 is 0 Å². The van der Waals surface area contributed by atoms with Crippen LogP contribution in [-0.4, -0.2) is 44.8 Å². The average molecular weight is 387 g/mol. The van der Waals surface area contributed by atoms with Gasteiger partial charge in [0.15, 0.2) is 0 Å². The van der Waals surface area contributed by atoms with Crippen molar-refractivity contribution in [2.24, 2.45) is 0 Å². The Labute approximate surface area is 169 Å². The monoisotopic (exact) mass is 387 g/mol. The normalized spacial score (nSPS) is 20.2. The van der Waals surface area contributed by atoms with Crippen LogP contribution in [0.3, 0.4) is 0 Å². The van der Waals surface area contributed by atoms with E-state index in [2.05, 4.69) is 33.2 Å². The second kappa shape index (κ2) is 6.31. The van der Waals surface area contributed by atoms with E-state index >= 15 is 0 Å². The summed E-state index contributed by atoms with van der Waals surface area (Å²) in [6.07, 6.45) is 7.70.